The second-order valence-corrected chi connectivity index (χ2v) is 5.69. The number of aliphatic hydroxyl groups is 1. The molecule has 1 fully saturated rings. The predicted octanol–water partition coefficient (Wildman–Crippen LogP) is 1.40. The van der Waals surface area contributed by atoms with E-state index in [2.05, 4.69) is 20.4 Å². The van der Waals surface area contributed by atoms with Crippen LogP contribution in [0.2, 0.25) is 0 Å². The van der Waals surface area contributed by atoms with E-state index in [9.17, 15) is 5.11 Å². The topological polar surface area (TPSA) is 67.1 Å². The Balaban J connectivity index is 1.75. The van der Waals surface area contributed by atoms with Crippen LogP contribution >= 0.6 is 0 Å². The zero-order valence-electron chi connectivity index (χ0n) is 12.3. The highest BCUT2D eigenvalue weighted by Gasteiger charge is 2.27. The van der Waals surface area contributed by atoms with Gasteiger partial charge in [-0.25, -0.2) is 0 Å². The number of hydrogen-bond acceptors (Lipinski definition) is 5. The van der Waals surface area contributed by atoms with Gasteiger partial charge in [0.2, 0.25) is 0 Å². The Morgan fingerprint density at radius 2 is 2.14 bits per heavy atom. The maximum absolute atomic E-state index is 9.62. The van der Waals surface area contributed by atoms with Gasteiger partial charge in [0.05, 0.1) is 18.3 Å². The van der Waals surface area contributed by atoms with E-state index in [-0.39, 0.29) is 6.10 Å². The highest BCUT2D eigenvalue weighted by atomic mass is 16.3. The van der Waals surface area contributed by atoms with E-state index in [1.165, 1.54) is 6.42 Å². The lowest BCUT2D eigenvalue weighted by atomic mass is 10.1. The van der Waals surface area contributed by atoms with Crippen LogP contribution in [0, 0.1) is 0 Å². The maximum atomic E-state index is 9.62. The number of aromatic nitrogens is 4. The van der Waals surface area contributed by atoms with Crippen molar-refractivity contribution in [3.63, 3.8) is 0 Å². The first-order valence-electron chi connectivity index (χ1n) is 7.49. The van der Waals surface area contributed by atoms with E-state index in [0.717, 1.165) is 37.4 Å². The SMILES string of the molecule is CC(O)CC1CCCN1Cc1nnnn1-c1ccccc1. The van der Waals surface area contributed by atoms with Gasteiger partial charge in [0.1, 0.15) is 0 Å². The number of tetrazole rings is 1. The Bertz CT molecular complexity index is 568. The summed E-state index contributed by atoms with van der Waals surface area (Å²) in [6.07, 6.45) is 2.86. The van der Waals surface area contributed by atoms with Crippen molar-refractivity contribution < 1.29 is 5.11 Å². The Hall–Kier alpha value is -1.79. The van der Waals surface area contributed by atoms with Crippen molar-refractivity contribution in [1.29, 1.82) is 0 Å². The van der Waals surface area contributed by atoms with Crippen LogP contribution in [0.5, 0.6) is 0 Å². The molecule has 0 saturated carbocycles. The van der Waals surface area contributed by atoms with E-state index >= 15 is 0 Å². The smallest absolute Gasteiger partial charge is 0.170 e. The van der Waals surface area contributed by atoms with Crippen molar-refractivity contribution in [2.24, 2.45) is 0 Å². The Kier molecular flexibility index (Phi) is 4.26. The highest BCUT2D eigenvalue weighted by molar-refractivity contribution is 5.30. The molecule has 2 aromatic rings. The summed E-state index contributed by atoms with van der Waals surface area (Å²) in [6, 6.07) is 10.4. The molecule has 0 aliphatic carbocycles. The fraction of sp³-hybridized carbons (Fsp3) is 0.533. The molecule has 1 aliphatic rings. The molecule has 0 amide bonds. The van der Waals surface area contributed by atoms with Gasteiger partial charge in [-0.15, -0.1) is 5.10 Å². The van der Waals surface area contributed by atoms with Crippen molar-refractivity contribution in [3.05, 3.63) is 36.2 Å². The Morgan fingerprint density at radius 3 is 2.90 bits per heavy atom. The summed E-state index contributed by atoms with van der Waals surface area (Å²) in [7, 11) is 0. The number of para-hydroxylation sites is 1. The van der Waals surface area contributed by atoms with Crippen LogP contribution in [0.1, 0.15) is 32.0 Å². The average Bonchev–Trinajstić information content (AvgIpc) is 3.10. The minimum atomic E-state index is -0.263. The first kappa shape index (κ1) is 14.2. The van der Waals surface area contributed by atoms with Gasteiger partial charge in [0.25, 0.3) is 0 Å². The van der Waals surface area contributed by atoms with Gasteiger partial charge in [0, 0.05) is 6.04 Å². The normalized spacial score (nSPS) is 20.8. The lowest BCUT2D eigenvalue weighted by Crippen LogP contribution is -2.32. The van der Waals surface area contributed by atoms with E-state index in [4.69, 9.17) is 0 Å². The number of likely N-dealkylation sites (tertiary alicyclic amines) is 1. The Labute approximate surface area is 124 Å². The van der Waals surface area contributed by atoms with E-state index in [1.807, 2.05) is 37.3 Å². The highest BCUT2D eigenvalue weighted by Crippen LogP contribution is 2.23. The van der Waals surface area contributed by atoms with Gasteiger partial charge in [-0.1, -0.05) is 18.2 Å². The number of hydrogen-bond donors (Lipinski definition) is 1. The minimum Gasteiger partial charge on any atom is -0.393 e. The lowest BCUT2D eigenvalue weighted by Gasteiger charge is -2.24. The van der Waals surface area contributed by atoms with E-state index in [0.29, 0.717) is 6.04 Å². The molecule has 112 valence electrons. The monoisotopic (exact) mass is 287 g/mol. The standard InChI is InChI=1S/C15H21N5O/c1-12(21)10-14-8-5-9-19(14)11-15-16-17-18-20(15)13-6-3-2-4-7-13/h2-4,6-7,12,14,21H,5,8-11H2,1H3. The number of aliphatic hydroxyl groups excluding tert-OH is 1. The molecule has 0 radical (unpaired) electrons. The molecule has 0 spiro atoms. The van der Waals surface area contributed by atoms with Crippen molar-refractivity contribution in [3.8, 4) is 5.69 Å². The van der Waals surface area contributed by atoms with Gasteiger partial charge in [0.15, 0.2) is 5.82 Å². The van der Waals surface area contributed by atoms with Crippen LogP contribution in [0.25, 0.3) is 5.69 Å². The lowest BCUT2D eigenvalue weighted by molar-refractivity contribution is 0.129. The van der Waals surface area contributed by atoms with Gasteiger partial charge in [-0.05, 0) is 55.3 Å². The third kappa shape index (κ3) is 3.28. The van der Waals surface area contributed by atoms with Gasteiger partial charge < -0.3 is 5.11 Å². The third-order valence-corrected chi connectivity index (χ3v) is 3.99. The fourth-order valence-electron chi connectivity index (χ4n) is 3.02. The summed E-state index contributed by atoms with van der Waals surface area (Å²) in [4.78, 5) is 2.37. The zero-order valence-corrected chi connectivity index (χ0v) is 12.3. The van der Waals surface area contributed by atoms with E-state index < -0.39 is 0 Å². The first-order chi connectivity index (χ1) is 10.2. The molecular formula is C15H21N5O. The maximum Gasteiger partial charge on any atom is 0.170 e. The number of benzene rings is 1. The fourth-order valence-corrected chi connectivity index (χ4v) is 3.02. The summed E-state index contributed by atoms with van der Waals surface area (Å²) in [5.74, 6) is 0.846. The third-order valence-electron chi connectivity index (χ3n) is 3.99. The molecule has 1 aromatic carbocycles. The van der Waals surface area contributed by atoms with Crippen LogP contribution in [-0.2, 0) is 6.54 Å². The van der Waals surface area contributed by atoms with Crippen LogP contribution in [0.4, 0.5) is 0 Å². The van der Waals surface area contributed by atoms with Gasteiger partial charge in [-0.3, -0.25) is 4.90 Å². The van der Waals surface area contributed by atoms with Crippen LogP contribution in [-0.4, -0.2) is 48.9 Å². The molecule has 1 saturated heterocycles. The van der Waals surface area contributed by atoms with Crippen molar-refractivity contribution >= 4 is 0 Å². The van der Waals surface area contributed by atoms with Crippen LogP contribution in [0.3, 0.4) is 0 Å². The molecule has 6 heteroatoms. The summed E-state index contributed by atoms with van der Waals surface area (Å²) in [5.41, 5.74) is 0.976. The molecule has 0 bridgehead atoms. The van der Waals surface area contributed by atoms with E-state index in [1.54, 1.807) is 4.68 Å². The summed E-state index contributed by atoms with van der Waals surface area (Å²) in [5, 5.41) is 21.7. The van der Waals surface area contributed by atoms with Crippen LogP contribution in [0.15, 0.2) is 30.3 Å². The van der Waals surface area contributed by atoms with Crippen molar-refractivity contribution in [1.82, 2.24) is 25.1 Å². The molecule has 6 nitrogen and oxygen atoms in total. The molecule has 2 heterocycles. The number of rotatable bonds is 5. The van der Waals surface area contributed by atoms with Gasteiger partial charge >= 0.3 is 0 Å². The number of nitrogens with zero attached hydrogens (tertiary/aromatic N) is 5. The molecule has 1 aromatic heterocycles. The predicted molar refractivity (Wildman–Crippen MR) is 78.9 cm³/mol. The molecule has 1 N–H and O–H groups in total. The second kappa shape index (κ2) is 6.32. The van der Waals surface area contributed by atoms with Crippen molar-refractivity contribution in [2.45, 2.75) is 44.9 Å². The quantitative estimate of drug-likeness (QED) is 0.900. The summed E-state index contributed by atoms with van der Waals surface area (Å²) in [6.45, 7) is 3.61. The van der Waals surface area contributed by atoms with Gasteiger partial charge in [-0.2, -0.15) is 4.68 Å². The van der Waals surface area contributed by atoms with Crippen molar-refractivity contribution in [2.75, 3.05) is 6.54 Å². The molecule has 2 atom stereocenters. The molecule has 2 unspecified atom stereocenters. The molecular weight excluding hydrogens is 266 g/mol. The average molecular weight is 287 g/mol. The first-order valence-corrected chi connectivity index (χ1v) is 7.49. The molecule has 21 heavy (non-hydrogen) atoms. The van der Waals surface area contributed by atoms with Crippen LogP contribution < -0.4 is 0 Å². The zero-order chi connectivity index (χ0) is 14.7. The molecule has 1 aliphatic heterocycles. The largest absolute Gasteiger partial charge is 0.393 e. The summed E-state index contributed by atoms with van der Waals surface area (Å²) >= 11 is 0. The minimum absolute atomic E-state index is 0.263. The second-order valence-electron chi connectivity index (χ2n) is 5.69. The molecule has 3 rings (SSSR count). The summed E-state index contributed by atoms with van der Waals surface area (Å²) < 4.78 is 1.79. The Morgan fingerprint density at radius 1 is 1.33 bits per heavy atom.